The van der Waals surface area contributed by atoms with Crippen molar-refractivity contribution in [3.05, 3.63) is 64.7 Å². The lowest BCUT2D eigenvalue weighted by atomic mass is 9.86. The first-order valence-corrected chi connectivity index (χ1v) is 16.8. The minimum atomic E-state index is -1.97. The molecule has 0 heterocycles. The fourth-order valence-corrected chi connectivity index (χ4v) is 9.63. The van der Waals surface area contributed by atoms with Crippen molar-refractivity contribution in [2.45, 2.75) is 103 Å². The summed E-state index contributed by atoms with van der Waals surface area (Å²) in [5, 5.41) is 0. The van der Waals surface area contributed by atoms with Crippen LogP contribution in [0, 0.1) is 0 Å². The Morgan fingerprint density at radius 3 is 2.15 bits per heavy atom. The SMILES string of the molecule is CC1=Cc2c(-c3ccc(C(C)(C)C)cc3)cccc2C1[Si](C)(Cl)CCCCCCOC(C)(C)C. The van der Waals surface area contributed by atoms with Crippen LogP contribution in [0.1, 0.15) is 96.4 Å². The van der Waals surface area contributed by atoms with Crippen molar-refractivity contribution >= 4 is 24.5 Å². The van der Waals surface area contributed by atoms with Crippen molar-refractivity contribution in [2.75, 3.05) is 6.61 Å². The van der Waals surface area contributed by atoms with Crippen LogP contribution in [-0.4, -0.2) is 19.6 Å². The van der Waals surface area contributed by atoms with Gasteiger partial charge in [-0.25, -0.2) is 0 Å². The molecular formula is C31H45ClOSi. The Hall–Kier alpha value is -1.35. The maximum Gasteiger partial charge on any atom is 0.164 e. The molecule has 0 saturated carbocycles. The lowest BCUT2D eigenvalue weighted by Gasteiger charge is -2.29. The summed E-state index contributed by atoms with van der Waals surface area (Å²) in [6, 6.07) is 17.1. The standard InChI is InChI=1S/C31H45ClOSi/c1-23-22-28-26(24-16-18-25(19-17-24)30(2,3)4)14-13-15-27(28)29(23)34(8,32)21-12-10-9-11-20-33-31(5,6)7/h13-19,22,29H,9-12,20-21H2,1-8H3. The van der Waals surface area contributed by atoms with Crippen LogP contribution in [0.3, 0.4) is 0 Å². The molecule has 186 valence electrons. The van der Waals surface area contributed by atoms with E-state index in [-0.39, 0.29) is 11.0 Å². The number of hydrogen-bond donors (Lipinski definition) is 0. The highest BCUT2D eigenvalue weighted by molar-refractivity contribution is 7.20. The minimum absolute atomic E-state index is 0.0329. The fourth-order valence-electron chi connectivity index (χ4n) is 5.20. The molecule has 3 rings (SSSR count). The molecule has 2 atom stereocenters. The predicted octanol–water partition coefficient (Wildman–Crippen LogP) is 9.88. The molecule has 0 spiro atoms. The summed E-state index contributed by atoms with van der Waals surface area (Å²) in [6.45, 7) is 18.7. The average molecular weight is 497 g/mol. The Kier molecular flexibility index (Phi) is 8.59. The lowest BCUT2D eigenvalue weighted by Crippen LogP contribution is -2.32. The normalized spacial score (nSPS) is 17.9. The number of allylic oxidation sites excluding steroid dienone is 1. The molecule has 0 amide bonds. The number of halogens is 1. The summed E-state index contributed by atoms with van der Waals surface area (Å²) in [7, 11) is -1.97. The molecule has 0 bridgehead atoms. The molecule has 34 heavy (non-hydrogen) atoms. The molecule has 0 aliphatic heterocycles. The molecular weight excluding hydrogens is 452 g/mol. The molecule has 1 nitrogen and oxygen atoms in total. The fraction of sp³-hybridized carbons (Fsp3) is 0.548. The smallest absolute Gasteiger partial charge is 0.164 e. The van der Waals surface area contributed by atoms with Gasteiger partial charge < -0.3 is 4.74 Å². The molecule has 1 aliphatic carbocycles. The van der Waals surface area contributed by atoms with Crippen molar-refractivity contribution in [1.29, 1.82) is 0 Å². The molecule has 1 aliphatic rings. The molecule has 0 radical (unpaired) electrons. The highest BCUT2D eigenvalue weighted by Gasteiger charge is 2.40. The molecule has 3 heteroatoms. The largest absolute Gasteiger partial charge is 0.376 e. The Labute approximate surface area is 214 Å². The molecule has 2 aromatic rings. The third-order valence-electron chi connectivity index (χ3n) is 7.04. The number of unbranched alkanes of at least 4 members (excludes halogenated alkanes) is 3. The van der Waals surface area contributed by atoms with Gasteiger partial charge in [0, 0.05) is 12.1 Å². The zero-order chi connectivity index (χ0) is 25.1. The third-order valence-corrected chi connectivity index (χ3v) is 11.6. The second-order valence-electron chi connectivity index (χ2n) is 12.4. The number of hydrogen-bond acceptors (Lipinski definition) is 1. The minimum Gasteiger partial charge on any atom is -0.376 e. The third kappa shape index (κ3) is 6.86. The monoisotopic (exact) mass is 496 g/mol. The highest BCUT2D eigenvalue weighted by atomic mass is 35.6. The van der Waals surface area contributed by atoms with Gasteiger partial charge in [-0.15, -0.1) is 0 Å². The van der Waals surface area contributed by atoms with E-state index in [4.69, 9.17) is 15.8 Å². The van der Waals surface area contributed by atoms with Crippen molar-refractivity contribution in [3.8, 4) is 11.1 Å². The summed E-state index contributed by atoms with van der Waals surface area (Å²) >= 11 is 7.41. The Morgan fingerprint density at radius 2 is 1.53 bits per heavy atom. The van der Waals surface area contributed by atoms with Gasteiger partial charge in [0.25, 0.3) is 0 Å². The van der Waals surface area contributed by atoms with E-state index in [9.17, 15) is 0 Å². The topological polar surface area (TPSA) is 9.23 Å². The van der Waals surface area contributed by atoms with Gasteiger partial charge in [-0.2, -0.15) is 11.1 Å². The van der Waals surface area contributed by atoms with Crippen molar-refractivity contribution in [2.24, 2.45) is 0 Å². The quantitative estimate of drug-likeness (QED) is 0.190. The van der Waals surface area contributed by atoms with Gasteiger partial charge in [0.1, 0.15) is 0 Å². The van der Waals surface area contributed by atoms with Crippen LogP contribution in [0.5, 0.6) is 0 Å². The van der Waals surface area contributed by atoms with E-state index in [0.717, 1.165) is 19.1 Å². The lowest BCUT2D eigenvalue weighted by molar-refractivity contribution is -0.00471. The summed E-state index contributed by atoms with van der Waals surface area (Å²) in [5.41, 5.74) is 8.81. The second-order valence-corrected chi connectivity index (χ2v) is 18.6. The first-order chi connectivity index (χ1) is 15.8. The zero-order valence-electron chi connectivity index (χ0n) is 22.7. The molecule has 2 unspecified atom stereocenters. The van der Waals surface area contributed by atoms with Gasteiger partial charge in [-0.05, 0) is 73.4 Å². The highest BCUT2D eigenvalue weighted by Crippen LogP contribution is 2.48. The number of benzene rings is 2. The Bertz CT molecular complexity index is 990. The number of fused-ring (bicyclic) bond motifs is 1. The van der Waals surface area contributed by atoms with Crippen LogP contribution in [0.15, 0.2) is 48.0 Å². The van der Waals surface area contributed by atoms with Crippen molar-refractivity contribution in [3.63, 3.8) is 0 Å². The van der Waals surface area contributed by atoms with Crippen molar-refractivity contribution < 1.29 is 4.74 Å². The number of ether oxygens (including phenoxy) is 1. The van der Waals surface area contributed by atoms with Crippen LogP contribution in [0.4, 0.5) is 0 Å². The van der Waals surface area contributed by atoms with E-state index in [2.05, 4.69) is 104 Å². The van der Waals surface area contributed by atoms with E-state index in [0.29, 0.717) is 5.54 Å². The van der Waals surface area contributed by atoms with Gasteiger partial charge in [-0.3, -0.25) is 0 Å². The zero-order valence-corrected chi connectivity index (χ0v) is 24.5. The summed E-state index contributed by atoms with van der Waals surface area (Å²) in [5.74, 6) is 0. The van der Waals surface area contributed by atoms with E-state index < -0.39 is 7.38 Å². The second kappa shape index (κ2) is 10.7. The first-order valence-electron chi connectivity index (χ1n) is 13.0. The predicted molar refractivity (Wildman–Crippen MR) is 153 cm³/mol. The van der Waals surface area contributed by atoms with E-state index in [1.807, 2.05) is 0 Å². The Morgan fingerprint density at radius 1 is 0.882 bits per heavy atom. The summed E-state index contributed by atoms with van der Waals surface area (Å²) in [4.78, 5) is 0. The van der Waals surface area contributed by atoms with Gasteiger partial charge in [0.05, 0.1) is 5.60 Å². The van der Waals surface area contributed by atoms with Crippen LogP contribution in [0.2, 0.25) is 12.6 Å². The van der Waals surface area contributed by atoms with Crippen LogP contribution >= 0.6 is 11.1 Å². The molecule has 0 saturated heterocycles. The number of rotatable bonds is 9. The van der Waals surface area contributed by atoms with Crippen LogP contribution in [0.25, 0.3) is 17.2 Å². The maximum atomic E-state index is 7.41. The van der Waals surface area contributed by atoms with Gasteiger partial charge in [0.2, 0.25) is 0 Å². The van der Waals surface area contributed by atoms with Crippen molar-refractivity contribution in [1.82, 2.24) is 0 Å². The first kappa shape index (κ1) is 27.2. The van der Waals surface area contributed by atoms with Crippen LogP contribution < -0.4 is 0 Å². The summed E-state index contributed by atoms with van der Waals surface area (Å²) < 4.78 is 5.86. The van der Waals surface area contributed by atoms with Gasteiger partial charge in [0.15, 0.2) is 7.38 Å². The van der Waals surface area contributed by atoms with Gasteiger partial charge in [-0.1, -0.05) is 101 Å². The molecule has 0 fully saturated rings. The maximum absolute atomic E-state index is 7.41. The summed E-state index contributed by atoms with van der Waals surface area (Å²) in [6.07, 6.45) is 7.23. The molecule has 0 N–H and O–H groups in total. The van der Waals surface area contributed by atoms with E-state index in [1.165, 1.54) is 52.7 Å². The van der Waals surface area contributed by atoms with Gasteiger partial charge >= 0.3 is 0 Å². The average Bonchev–Trinajstić information content (AvgIpc) is 3.08. The van der Waals surface area contributed by atoms with E-state index >= 15 is 0 Å². The molecule has 0 aromatic heterocycles. The molecule has 2 aromatic carbocycles. The Balaban J connectivity index is 1.68. The van der Waals surface area contributed by atoms with E-state index in [1.54, 1.807) is 0 Å². The van der Waals surface area contributed by atoms with Crippen LogP contribution in [-0.2, 0) is 10.2 Å².